The largest absolute Gasteiger partial charge is 0.394 e. The third-order valence-electron chi connectivity index (χ3n) is 1.89. The van der Waals surface area contributed by atoms with Crippen LogP contribution in [0.4, 0.5) is 0 Å². The maximum Gasteiger partial charge on any atom is 0.215 e. The van der Waals surface area contributed by atoms with E-state index in [4.69, 9.17) is 24.8 Å². The Morgan fingerprint density at radius 2 is 1.60 bits per heavy atom. The molecule has 15 heavy (non-hydrogen) atoms. The van der Waals surface area contributed by atoms with Gasteiger partial charge in [-0.15, -0.1) is 0 Å². The zero-order valence-electron chi connectivity index (χ0n) is 8.06. The van der Waals surface area contributed by atoms with Crippen LogP contribution in [0.25, 0.3) is 0 Å². The highest BCUT2D eigenvalue weighted by Gasteiger charge is 2.32. The van der Waals surface area contributed by atoms with E-state index in [1.807, 2.05) is 6.92 Å². The second kappa shape index (κ2) is 10.3. The summed E-state index contributed by atoms with van der Waals surface area (Å²) >= 11 is 0. The van der Waals surface area contributed by atoms with Crippen molar-refractivity contribution in [1.29, 1.82) is 0 Å². The molecular weight excluding hydrogens is 200 g/mol. The van der Waals surface area contributed by atoms with E-state index in [2.05, 4.69) is 0 Å². The molecule has 3 N–H and O–H groups in total. The first-order valence-corrected chi connectivity index (χ1v) is 4.23. The lowest BCUT2D eigenvalue weighted by Gasteiger charge is -2.31. The minimum atomic E-state index is -1.40. The highest BCUT2D eigenvalue weighted by Crippen LogP contribution is 2.15. The predicted molar refractivity (Wildman–Crippen MR) is 59.6 cm³/mol. The lowest BCUT2D eigenvalue weighted by Crippen LogP contribution is -2.46. The SMILES string of the molecule is C.C.CC[C@H](CO)OC(CO)(CO)OC. The number of methoxy groups -OCH3 is 1. The molecule has 96 valence electrons. The summed E-state index contributed by atoms with van der Waals surface area (Å²) in [6.45, 7) is 0.769. The molecule has 0 heterocycles. The standard InChI is InChI=1S/C8H18O5.2CH4/c1-3-7(4-9)13-8(5-10,6-11)12-2;;/h7,9-11H,3-6H2,1-2H3;2*1H4/t7-;;/m1../s1. The molecule has 0 unspecified atom stereocenters. The van der Waals surface area contributed by atoms with Crippen LogP contribution in [0, 0.1) is 0 Å². The van der Waals surface area contributed by atoms with Crippen molar-refractivity contribution >= 4 is 0 Å². The first kappa shape index (κ1) is 20.2. The number of hydrogen-bond acceptors (Lipinski definition) is 5. The van der Waals surface area contributed by atoms with Crippen molar-refractivity contribution in [2.45, 2.75) is 40.1 Å². The van der Waals surface area contributed by atoms with E-state index in [0.29, 0.717) is 6.42 Å². The first-order chi connectivity index (χ1) is 6.17. The van der Waals surface area contributed by atoms with Gasteiger partial charge in [0.25, 0.3) is 0 Å². The quantitative estimate of drug-likeness (QED) is 0.547. The average Bonchev–Trinajstić information content (AvgIpc) is 2.21. The molecule has 1 atom stereocenters. The Bertz CT molecular complexity index is 113. The van der Waals surface area contributed by atoms with Gasteiger partial charge in [-0.1, -0.05) is 21.8 Å². The molecular formula is C10H26O5. The smallest absolute Gasteiger partial charge is 0.215 e. The van der Waals surface area contributed by atoms with Crippen molar-refractivity contribution < 1.29 is 24.8 Å². The highest BCUT2D eigenvalue weighted by molar-refractivity contribution is 4.69. The third-order valence-corrected chi connectivity index (χ3v) is 1.89. The van der Waals surface area contributed by atoms with Crippen LogP contribution in [0.2, 0.25) is 0 Å². The van der Waals surface area contributed by atoms with E-state index >= 15 is 0 Å². The Labute approximate surface area is 92.6 Å². The summed E-state index contributed by atoms with van der Waals surface area (Å²) in [4.78, 5) is 0. The molecule has 0 aliphatic heterocycles. The summed E-state index contributed by atoms with van der Waals surface area (Å²) in [6.07, 6.45) is 0.154. The molecule has 0 aromatic heterocycles. The molecule has 0 bridgehead atoms. The van der Waals surface area contributed by atoms with Crippen molar-refractivity contribution in [3.05, 3.63) is 0 Å². The molecule has 0 rings (SSSR count). The number of ether oxygens (including phenoxy) is 2. The van der Waals surface area contributed by atoms with Crippen molar-refractivity contribution in [2.75, 3.05) is 26.9 Å². The van der Waals surface area contributed by atoms with Crippen molar-refractivity contribution in [1.82, 2.24) is 0 Å². The van der Waals surface area contributed by atoms with E-state index in [9.17, 15) is 0 Å². The van der Waals surface area contributed by atoms with Crippen LogP contribution in [-0.4, -0.2) is 54.1 Å². The first-order valence-electron chi connectivity index (χ1n) is 4.23. The van der Waals surface area contributed by atoms with Crippen LogP contribution in [0.3, 0.4) is 0 Å². The lowest BCUT2D eigenvalue weighted by molar-refractivity contribution is -0.282. The maximum absolute atomic E-state index is 8.92. The molecule has 0 fully saturated rings. The summed E-state index contributed by atoms with van der Waals surface area (Å²) in [5.41, 5.74) is 0. The molecule has 0 aliphatic carbocycles. The second-order valence-electron chi connectivity index (χ2n) is 2.76. The molecule has 5 heteroatoms. The Morgan fingerprint density at radius 3 is 1.80 bits per heavy atom. The normalized spacial score (nSPS) is 12.6. The monoisotopic (exact) mass is 226 g/mol. The van der Waals surface area contributed by atoms with Gasteiger partial charge in [0, 0.05) is 7.11 Å². The number of aliphatic hydroxyl groups excluding tert-OH is 3. The fourth-order valence-corrected chi connectivity index (χ4v) is 0.855. The second-order valence-corrected chi connectivity index (χ2v) is 2.76. The van der Waals surface area contributed by atoms with Gasteiger partial charge in [-0.3, -0.25) is 0 Å². The Morgan fingerprint density at radius 1 is 1.13 bits per heavy atom. The minimum Gasteiger partial charge on any atom is -0.394 e. The third kappa shape index (κ3) is 6.06. The number of hydrogen-bond donors (Lipinski definition) is 3. The van der Waals surface area contributed by atoms with Crippen LogP contribution in [0.1, 0.15) is 28.2 Å². The van der Waals surface area contributed by atoms with Crippen LogP contribution >= 0.6 is 0 Å². The molecule has 0 saturated carbocycles. The van der Waals surface area contributed by atoms with Gasteiger partial charge in [-0.05, 0) is 6.42 Å². The maximum atomic E-state index is 8.92. The highest BCUT2D eigenvalue weighted by atomic mass is 16.7. The average molecular weight is 226 g/mol. The molecule has 0 amide bonds. The Hall–Kier alpha value is -0.200. The van der Waals surface area contributed by atoms with Crippen molar-refractivity contribution in [2.24, 2.45) is 0 Å². The van der Waals surface area contributed by atoms with Gasteiger partial charge < -0.3 is 24.8 Å². The summed E-state index contributed by atoms with van der Waals surface area (Å²) in [7, 11) is 1.33. The van der Waals surface area contributed by atoms with Gasteiger partial charge >= 0.3 is 0 Å². The van der Waals surface area contributed by atoms with Crippen molar-refractivity contribution in [3.63, 3.8) is 0 Å². The van der Waals surface area contributed by atoms with Gasteiger partial charge in [-0.2, -0.15) is 0 Å². The number of aliphatic hydroxyl groups is 3. The molecule has 0 aliphatic rings. The summed E-state index contributed by atoms with van der Waals surface area (Å²) in [5.74, 6) is -1.40. The molecule has 0 aromatic rings. The fraction of sp³-hybridized carbons (Fsp3) is 1.00. The number of rotatable bonds is 7. The molecule has 0 spiro atoms. The summed E-state index contributed by atoms with van der Waals surface area (Å²) < 4.78 is 10.0. The Balaban J connectivity index is -0.000000720. The van der Waals surface area contributed by atoms with E-state index in [0.717, 1.165) is 0 Å². The van der Waals surface area contributed by atoms with Crippen molar-refractivity contribution in [3.8, 4) is 0 Å². The zero-order valence-corrected chi connectivity index (χ0v) is 8.06. The lowest BCUT2D eigenvalue weighted by atomic mass is 10.2. The van der Waals surface area contributed by atoms with E-state index in [1.165, 1.54) is 7.11 Å². The van der Waals surface area contributed by atoms with Gasteiger partial charge in [0.2, 0.25) is 5.79 Å². The molecule has 0 saturated heterocycles. The Kier molecular flexibility index (Phi) is 13.9. The van der Waals surface area contributed by atoms with E-state index in [1.54, 1.807) is 0 Å². The zero-order chi connectivity index (χ0) is 10.3. The van der Waals surface area contributed by atoms with Crippen LogP contribution in [0.5, 0.6) is 0 Å². The molecule has 0 radical (unpaired) electrons. The van der Waals surface area contributed by atoms with E-state index in [-0.39, 0.29) is 21.5 Å². The summed E-state index contributed by atoms with van der Waals surface area (Å²) in [5, 5.41) is 26.7. The van der Waals surface area contributed by atoms with Crippen LogP contribution < -0.4 is 0 Å². The van der Waals surface area contributed by atoms with Gasteiger partial charge in [0.1, 0.15) is 0 Å². The summed E-state index contributed by atoms with van der Waals surface area (Å²) in [6, 6.07) is 0. The topological polar surface area (TPSA) is 79.2 Å². The van der Waals surface area contributed by atoms with E-state index < -0.39 is 25.1 Å². The van der Waals surface area contributed by atoms with Crippen LogP contribution in [-0.2, 0) is 9.47 Å². The molecule has 5 nitrogen and oxygen atoms in total. The van der Waals surface area contributed by atoms with Gasteiger partial charge in [0.15, 0.2) is 0 Å². The predicted octanol–water partition coefficient (Wildman–Crippen LogP) is 0.373. The van der Waals surface area contributed by atoms with Gasteiger partial charge in [-0.25, -0.2) is 0 Å². The fourth-order valence-electron chi connectivity index (χ4n) is 0.855. The van der Waals surface area contributed by atoms with Crippen LogP contribution in [0.15, 0.2) is 0 Å². The van der Waals surface area contributed by atoms with Gasteiger partial charge in [0.05, 0.1) is 25.9 Å². The minimum absolute atomic E-state index is 0. The molecule has 0 aromatic carbocycles.